The van der Waals surface area contributed by atoms with Crippen molar-refractivity contribution in [3.05, 3.63) is 11.8 Å². The zero-order chi connectivity index (χ0) is 15.6. The van der Waals surface area contributed by atoms with Crippen LogP contribution in [-0.2, 0) is 9.47 Å². The molecule has 2 N–H and O–H groups in total. The van der Waals surface area contributed by atoms with E-state index in [9.17, 15) is 5.11 Å². The lowest BCUT2D eigenvalue weighted by Gasteiger charge is -2.36. The number of hydrogen-bond donors (Lipinski definition) is 2. The number of nitrogens with zero attached hydrogens (tertiary/aromatic N) is 3. The van der Waals surface area contributed by atoms with Gasteiger partial charge in [0.25, 0.3) is 0 Å². The van der Waals surface area contributed by atoms with Crippen LogP contribution in [0.5, 0.6) is 0 Å². The molecule has 0 bridgehead atoms. The first-order valence-electron chi connectivity index (χ1n) is 8.52. The Kier molecular flexibility index (Phi) is 4.33. The second kappa shape index (κ2) is 6.59. The molecule has 23 heavy (non-hydrogen) atoms. The highest BCUT2D eigenvalue weighted by Crippen LogP contribution is 2.28. The number of anilines is 2. The van der Waals surface area contributed by atoms with Crippen molar-refractivity contribution in [2.45, 2.75) is 37.3 Å². The molecule has 0 radical (unpaired) electrons. The maximum Gasteiger partial charge on any atom is 0.227 e. The van der Waals surface area contributed by atoms with Crippen molar-refractivity contribution in [3.63, 3.8) is 0 Å². The van der Waals surface area contributed by atoms with Crippen LogP contribution < -0.4 is 10.2 Å². The molecule has 3 aliphatic heterocycles. The summed E-state index contributed by atoms with van der Waals surface area (Å²) >= 11 is 0. The van der Waals surface area contributed by atoms with E-state index in [1.165, 1.54) is 0 Å². The van der Waals surface area contributed by atoms with Gasteiger partial charge in [0, 0.05) is 50.9 Å². The fraction of sp³-hybridized carbons (Fsp3) is 0.750. The van der Waals surface area contributed by atoms with Crippen LogP contribution in [0.25, 0.3) is 0 Å². The molecule has 7 nitrogen and oxygen atoms in total. The minimum absolute atomic E-state index is 0.260. The van der Waals surface area contributed by atoms with Gasteiger partial charge in [0.2, 0.25) is 5.95 Å². The van der Waals surface area contributed by atoms with Crippen LogP contribution in [0, 0.1) is 0 Å². The van der Waals surface area contributed by atoms with Gasteiger partial charge in [-0.15, -0.1) is 0 Å². The lowest BCUT2D eigenvalue weighted by molar-refractivity contribution is 0.0904. The van der Waals surface area contributed by atoms with Gasteiger partial charge in [-0.3, -0.25) is 0 Å². The van der Waals surface area contributed by atoms with Gasteiger partial charge >= 0.3 is 0 Å². The largest absolute Gasteiger partial charge is 0.389 e. The smallest absolute Gasteiger partial charge is 0.227 e. The Balaban J connectivity index is 1.55. The molecule has 7 heteroatoms. The molecule has 1 aromatic heterocycles. The van der Waals surface area contributed by atoms with E-state index in [1.807, 2.05) is 4.90 Å². The molecule has 1 atom stereocenters. The summed E-state index contributed by atoms with van der Waals surface area (Å²) in [6.07, 6.45) is 2.76. The van der Waals surface area contributed by atoms with E-state index in [0.717, 1.165) is 57.2 Å². The summed E-state index contributed by atoms with van der Waals surface area (Å²) in [4.78, 5) is 11.4. The van der Waals surface area contributed by atoms with E-state index in [-0.39, 0.29) is 6.10 Å². The third-order valence-electron chi connectivity index (χ3n) is 4.80. The standard InChI is InChI=1S/C16H24N4O3/c21-13-8-20(9-13)16-18-14(11-1-4-23-10-11)7-15(19-16)17-12-2-5-22-6-3-12/h7,11-13,21H,1-6,8-10H2,(H,17,18,19)/t11-/m1/s1. The van der Waals surface area contributed by atoms with Crippen LogP contribution in [0.1, 0.15) is 30.9 Å². The number of β-amino-alcohol motifs (C(OH)–C–C–N with tert-alkyl or cyclic N) is 1. The average molecular weight is 320 g/mol. The number of aliphatic hydroxyl groups is 1. The van der Waals surface area contributed by atoms with E-state index in [2.05, 4.69) is 16.4 Å². The van der Waals surface area contributed by atoms with Crippen molar-refractivity contribution in [2.24, 2.45) is 0 Å². The third-order valence-corrected chi connectivity index (χ3v) is 4.80. The zero-order valence-electron chi connectivity index (χ0n) is 13.3. The quantitative estimate of drug-likeness (QED) is 0.847. The summed E-state index contributed by atoms with van der Waals surface area (Å²) < 4.78 is 10.9. The third kappa shape index (κ3) is 3.41. The lowest BCUT2D eigenvalue weighted by Crippen LogP contribution is -2.51. The summed E-state index contributed by atoms with van der Waals surface area (Å²) in [6.45, 7) is 4.36. The van der Waals surface area contributed by atoms with E-state index >= 15 is 0 Å². The predicted octanol–water partition coefficient (Wildman–Crippen LogP) is 0.752. The zero-order valence-corrected chi connectivity index (χ0v) is 13.3. The molecule has 3 fully saturated rings. The van der Waals surface area contributed by atoms with Crippen LogP contribution in [0.3, 0.4) is 0 Å². The number of ether oxygens (including phenoxy) is 2. The molecule has 3 aliphatic rings. The van der Waals surface area contributed by atoms with Gasteiger partial charge in [-0.05, 0) is 19.3 Å². The SMILES string of the molecule is OC1CN(c2nc(NC3CCOCC3)cc([C@@H]3CCOC3)n2)C1. The Hall–Kier alpha value is -1.44. The predicted molar refractivity (Wildman–Crippen MR) is 85.9 cm³/mol. The number of hydrogen-bond acceptors (Lipinski definition) is 7. The minimum atomic E-state index is -0.260. The second-order valence-corrected chi connectivity index (χ2v) is 6.63. The number of rotatable bonds is 4. The van der Waals surface area contributed by atoms with E-state index in [1.54, 1.807) is 0 Å². The van der Waals surface area contributed by atoms with Gasteiger partial charge < -0.3 is 24.8 Å². The van der Waals surface area contributed by atoms with Gasteiger partial charge in [-0.25, -0.2) is 4.98 Å². The van der Waals surface area contributed by atoms with Crippen molar-refractivity contribution >= 4 is 11.8 Å². The van der Waals surface area contributed by atoms with Gasteiger partial charge in [0.05, 0.1) is 18.4 Å². The van der Waals surface area contributed by atoms with Crippen molar-refractivity contribution in [1.29, 1.82) is 0 Å². The Morgan fingerprint density at radius 1 is 1.09 bits per heavy atom. The van der Waals surface area contributed by atoms with E-state index in [4.69, 9.17) is 14.5 Å². The number of aliphatic hydroxyl groups excluding tert-OH is 1. The highest BCUT2D eigenvalue weighted by molar-refractivity contribution is 5.47. The molecular weight excluding hydrogens is 296 g/mol. The first-order valence-corrected chi connectivity index (χ1v) is 8.52. The average Bonchev–Trinajstić information content (AvgIpc) is 3.07. The topological polar surface area (TPSA) is 79.7 Å². The monoisotopic (exact) mass is 320 g/mol. The van der Waals surface area contributed by atoms with Crippen LogP contribution in [0.15, 0.2) is 6.07 Å². The lowest BCUT2D eigenvalue weighted by atomic mass is 10.0. The molecule has 3 saturated heterocycles. The summed E-state index contributed by atoms with van der Waals surface area (Å²) in [5.41, 5.74) is 1.04. The van der Waals surface area contributed by atoms with Gasteiger partial charge in [-0.2, -0.15) is 4.98 Å². The molecule has 0 spiro atoms. The maximum absolute atomic E-state index is 9.54. The van der Waals surface area contributed by atoms with Crippen LogP contribution in [-0.4, -0.2) is 66.7 Å². The molecule has 1 aromatic rings. The van der Waals surface area contributed by atoms with Crippen LogP contribution >= 0.6 is 0 Å². The van der Waals surface area contributed by atoms with E-state index < -0.39 is 0 Å². The van der Waals surface area contributed by atoms with Gasteiger partial charge in [-0.1, -0.05) is 0 Å². The molecule has 4 heterocycles. The molecule has 4 rings (SSSR count). The fourth-order valence-corrected chi connectivity index (χ4v) is 3.31. The Morgan fingerprint density at radius 2 is 1.87 bits per heavy atom. The van der Waals surface area contributed by atoms with Crippen molar-refractivity contribution in [1.82, 2.24) is 9.97 Å². The summed E-state index contributed by atoms with van der Waals surface area (Å²) in [7, 11) is 0. The molecule has 0 unspecified atom stereocenters. The van der Waals surface area contributed by atoms with Gasteiger partial charge in [0.15, 0.2) is 0 Å². The molecule has 0 aliphatic carbocycles. The highest BCUT2D eigenvalue weighted by atomic mass is 16.5. The summed E-state index contributed by atoms with van der Waals surface area (Å²) in [6, 6.07) is 2.47. The van der Waals surface area contributed by atoms with Crippen molar-refractivity contribution < 1.29 is 14.6 Å². The molecule has 0 saturated carbocycles. The number of nitrogens with one attached hydrogen (secondary N) is 1. The van der Waals surface area contributed by atoms with Crippen LogP contribution in [0.4, 0.5) is 11.8 Å². The van der Waals surface area contributed by atoms with Gasteiger partial charge in [0.1, 0.15) is 5.82 Å². The Bertz CT molecular complexity index is 538. The molecule has 0 amide bonds. The highest BCUT2D eigenvalue weighted by Gasteiger charge is 2.29. The Labute approximate surface area is 136 Å². The fourth-order valence-electron chi connectivity index (χ4n) is 3.31. The Morgan fingerprint density at radius 3 is 2.57 bits per heavy atom. The molecular formula is C16H24N4O3. The van der Waals surface area contributed by atoms with Crippen molar-refractivity contribution in [2.75, 3.05) is 49.7 Å². The first-order chi connectivity index (χ1) is 11.3. The summed E-state index contributed by atoms with van der Waals surface area (Å²) in [5.74, 6) is 1.94. The number of aromatic nitrogens is 2. The maximum atomic E-state index is 9.54. The summed E-state index contributed by atoms with van der Waals surface area (Å²) in [5, 5.41) is 13.1. The molecule has 126 valence electrons. The normalized spacial score (nSPS) is 26.3. The molecule has 0 aromatic carbocycles. The van der Waals surface area contributed by atoms with E-state index in [0.29, 0.717) is 31.0 Å². The second-order valence-electron chi connectivity index (χ2n) is 6.63. The van der Waals surface area contributed by atoms with Crippen LogP contribution in [0.2, 0.25) is 0 Å². The minimum Gasteiger partial charge on any atom is -0.389 e. The first kappa shape index (κ1) is 15.1. The van der Waals surface area contributed by atoms with Crippen molar-refractivity contribution in [3.8, 4) is 0 Å².